The molecule has 0 aromatic heterocycles. The molecule has 0 nitrogen and oxygen atoms in total. The molecular formula is C36H56Cl2P2Pd. The van der Waals surface area contributed by atoms with E-state index >= 15 is 0 Å². The van der Waals surface area contributed by atoms with Gasteiger partial charge in [-0.25, -0.2) is 0 Å². The zero-order valence-corrected chi connectivity index (χ0v) is 30.4. The van der Waals surface area contributed by atoms with E-state index in [1.54, 1.807) is 10.6 Å². The van der Waals surface area contributed by atoms with Gasteiger partial charge in [0.1, 0.15) is 0 Å². The molecule has 0 atom stereocenters. The summed E-state index contributed by atoms with van der Waals surface area (Å²) in [6, 6.07) is 24.2. The molecule has 4 fully saturated rings. The van der Waals surface area contributed by atoms with Crippen LogP contribution >= 0.6 is 30.0 Å². The predicted molar refractivity (Wildman–Crippen MR) is 188 cm³/mol. The van der Waals surface area contributed by atoms with Crippen LogP contribution in [0.1, 0.15) is 128 Å². The molecule has 4 aliphatic carbocycles. The van der Waals surface area contributed by atoms with Gasteiger partial charge in [0.15, 0.2) is 0 Å². The fraction of sp³-hybridized carbons (Fsp3) is 0.667. The maximum absolute atomic E-state index is 9.02. The van der Waals surface area contributed by atoms with Crippen molar-refractivity contribution in [3.05, 3.63) is 60.7 Å². The van der Waals surface area contributed by atoms with Crippen molar-refractivity contribution in [1.82, 2.24) is 0 Å². The molecule has 0 heterocycles. The number of rotatable bonds is 8. The first-order valence-corrected chi connectivity index (χ1v) is 29.9. The van der Waals surface area contributed by atoms with Crippen molar-refractivity contribution in [2.75, 3.05) is 0 Å². The Bertz CT molecular complexity index is 948. The first kappa shape index (κ1) is 31.5. The van der Waals surface area contributed by atoms with Crippen LogP contribution in [0.25, 0.3) is 0 Å². The average molecular weight is 728 g/mol. The van der Waals surface area contributed by atoms with Gasteiger partial charge in [-0.05, 0) is 0 Å². The van der Waals surface area contributed by atoms with Gasteiger partial charge in [0, 0.05) is 0 Å². The first-order chi connectivity index (χ1) is 20.1. The second-order valence-corrected chi connectivity index (χ2v) is 47.9. The first-order valence-electron chi connectivity index (χ1n) is 17.3. The molecule has 0 saturated heterocycles. The molecule has 0 spiro atoms. The van der Waals surface area contributed by atoms with Crippen LogP contribution in [-0.4, -0.2) is 22.6 Å². The summed E-state index contributed by atoms with van der Waals surface area (Å²) in [5, 5.41) is 3.39. The summed E-state index contributed by atoms with van der Waals surface area (Å²) in [4.78, 5) is 0. The second-order valence-electron chi connectivity index (χ2n) is 13.9. The van der Waals surface area contributed by atoms with E-state index < -0.39 is 23.4 Å². The van der Waals surface area contributed by atoms with Crippen molar-refractivity contribution in [3.8, 4) is 0 Å². The van der Waals surface area contributed by atoms with Crippen LogP contribution in [0.15, 0.2) is 60.7 Å². The van der Waals surface area contributed by atoms with Crippen molar-refractivity contribution in [3.63, 3.8) is 0 Å². The van der Waals surface area contributed by atoms with Gasteiger partial charge < -0.3 is 0 Å². The van der Waals surface area contributed by atoms with Gasteiger partial charge in [0.2, 0.25) is 0 Å². The van der Waals surface area contributed by atoms with E-state index in [-0.39, 0.29) is 0 Å². The van der Waals surface area contributed by atoms with Crippen molar-refractivity contribution >= 4 is 40.6 Å². The molecule has 6 rings (SSSR count). The summed E-state index contributed by atoms with van der Waals surface area (Å²) in [6.45, 7) is 0. The minimum atomic E-state index is -3.05. The summed E-state index contributed by atoms with van der Waals surface area (Å²) >= 11 is -3.05. The molecule has 0 aliphatic heterocycles. The number of benzene rings is 2. The standard InChI is InChI=1S/2C18H27P.2ClH.Pd/c2*1-4-10-16(11-5-1)19(17-12-6-2-7-13-17)18-14-8-3-9-15-18;;;/h2*1,4-5,10-11,17-18H,2-3,6-9,12-15H2;2*1H;. The molecule has 2 aromatic carbocycles. The van der Waals surface area contributed by atoms with Crippen LogP contribution in [0.3, 0.4) is 0 Å². The van der Waals surface area contributed by atoms with Gasteiger partial charge in [0.25, 0.3) is 0 Å². The van der Waals surface area contributed by atoms with Crippen molar-refractivity contribution in [1.29, 1.82) is 0 Å². The molecule has 0 unspecified atom stereocenters. The van der Waals surface area contributed by atoms with Gasteiger partial charge in [-0.15, -0.1) is 0 Å². The fourth-order valence-corrected chi connectivity index (χ4v) is 83.6. The number of hydrogen-bond acceptors (Lipinski definition) is 0. The average Bonchev–Trinajstić information content (AvgIpc) is 3.05. The molecule has 4 saturated carbocycles. The van der Waals surface area contributed by atoms with Crippen molar-refractivity contribution in [2.24, 2.45) is 0 Å². The van der Waals surface area contributed by atoms with E-state index in [0.717, 1.165) is 22.6 Å². The fourth-order valence-electron chi connectivity index (χ4n) is 10.1. The Hall–Kier alpha value is 0.542. The summed E-state index contributed by atoms with van der Waals surface area (Å²) in [6.07, 6.45) is 27.9. The zero-order valence-electron chi connectivity index (χ0n) is 25.3. The van der Waals surface area contributed by atoms with E-state index in [2.05, 4.69) is 60.7 Å². The Labute approximate surface area is 263 Å². The number of hydrogen-bond donors (Lipinski definition) is 0. The van der Waals surface area contributed by atoms with Gasteiger partial charge >= 0.3 is 265 Å². The molecule has 4 aliphatic rings. The van der Waals surface area contributed by atoms with Gasteiger partial charge in [0.05, 0.1) is 0 Å². The topological polar surface area (TPSA) is 0 Å². The van der Waals surface area contributed by atoms with Gasteiger partial charge in [-0.3, -0.25) is 0 Å². The third kappa shape index (κ3) is 5.73. The van der Waals surface area contributed by atoms with Crippen molar-refractivity contribution < 1.29 is 12.5 Å². The van der Waals surface area contributed by atoms with Crippen LogP contribution in [0.4, 0.5) is 0 Å². The Morgan fingerprint density at radius 3 is 0.878 bits per heavy atom. The molecule has 41 heavy (non-hydrogen) atoms. The zero-order chi connectivity index (χ0) is 28.2. The van der Waals surface area contributed by atoms with Crippen LogP contribution in [-0.2, 0) is 12.5 Å². The Kier molecular flexibility index (Phi) is 11.0. The molecule has 0 amide bonds. The summed E-state index contributed by atoms with van der Waals surface area (Å²) in [5.74, 6) is 0. The van der Waals surface area contributed by atoms with Crippen molar-refractivity contribution in [2.45, 2.75) is 151 Å². The molecular weight excluding hydrogens is 672 g/mol. The van der Waals surface area contributed by atoms with Crippen LogP contribution in [0.5, 0.6) is 0 Å². The predicted octanol–water partition coefficient (Wildman–Crippen LogP) is 11.8. The Morgan fingerprint density at radius 1 is 0.390 bits per heavy atom. The quantitative estimate of drug-likeness (QED) is 0.188. The summed E-state index contributed by atoms with van der Waals surface area (Å²) < 4.78 is 0. The third-order valence-corrected chi connectivity index (χ3v) is 65.6. The third-order valence-electron chi connectivity index (χ3n) is 11.8. The second kappa shape index (κ2) is 14.3. The van der Waals surface area contributed by atoms with E-state index in [1.807, 2.05) is 0 Å². The Balaban J connectivity index is 1.67. The summed E-state index contributed by atoms with van der Waals surface area (Å²) in [5.41, 5.74) is -1.58. The molecule has 0 radical (unpaired) electrons. The monoisotopic (exact) mass is 726 g/mol. The SMILES string of the molecule is [Cl][Pd]([Cl])([PH](c1ccccc1)(C1CCCCC1)C1CCCCC1)[PH](c1ccccc1)(C1CCCCC1)C1CCCCC1. The van der Waals surface area contributed by atoms with Crippen LogP contribution < -0.4 is 10.6 Å². The normalized spacial score (nSPS) is 24.6. The van der Waals surface area contributed by atoms with E-state index in [4.69, 9.17) is 19.1 Å². The van der Waals surface area contributed by atoms with E-state index in [9.17, 15) is 0 Å². The van der Waals surface area contributed by atoms with Gasteiger partial charge in [-0.2, -0.15) is 0 Å². The van der Waals surface area contributed by atoms with Crippen LogP contribution in [0.2, 0.25) is 0 Å². The molecule has 0 N–H and O–H groups in total. The minimum absolute atomic E-state index is 0.775. The molecule has 5 heteroatoms. The van der Waals surface area contributed by atoms with Gasteiger partial charge in [-0.1, -0.05) is 0 Å². The van der Waals surface area contributed by atoms with Crippen LogP contribution in [0, 0.1) is 0 Å². The Morgan fingerprint density at radius 2 is 0.634 bits per heavy atom. The number of halogens is 2. The summed E-state index contributed by atoms with van der Waals surface area (Å²) in [7, 11) is 18.0. The molecule has 234 valence electrons. The van der Waals surface area contributed by atoms with E-state index in [0.29, 0.717) is 0 Å². The molecule has 2 aromatic rings. The molecule has 0 bridgehead atoms. The van der Waals surface area contributed by atoms with E-state index in [1.165, 1.54) is 128 Å². The maximum atomic E-state index is 9.02.